The van der Waals surface area contributed by atoms with Crippen LogP contribution in [0.1, 0.15) is 27.2 Å². The molecule has 1 unspecified atom stereocenters. The van der Waals surface area contributed by atoms with Crippen LogP contribution in [-0.2, 0) is 0 Å². The Labute approximate surface area is 90.5 Å². The summed E-state index contributed by atoms with van der Waals surface area (Å²) in [5, 5.41) is 14.0. The van der Waals surface area contributed by atoms with Gasteiger partial charge < -0.3 is 21.1 Å². The molecular weight excluding hydrogens is 198 g/mol. The van der Waals surface area contributed by atoms with Crippen molar-refractivity contribution in [3.8, 4) is 0 Å². The summed E-state index contributed by atoms with van der Waals surface area (Å²) in [4.78, 5) is 1.74. The molecule has 1 saturated heterocycles. The van der Waals surface area contributed by atoms with Gasteiger partial charge in [0.15, 0.2) is 5.11 Å². The average molecular weight is 217 g/mol. The Balaban J connectivity index is 2.83. The van der Waals surface area contributed by atoms with E-state index < -0.39 is 5.72 Å². The Morgan fingerprint density at radius 2 is 2.14 bits per heavy atom. The maximum atomic E-state index is 10.2. The lowest BCUT2D eigenvalue weighted by atomic mass is 9.90. The van der Waals surface area contributed by atoms with E-state index in [1.54, 1.807) is 11.8 Å². The third-order valence-electron chi connectivity index (χ3n) is 2.40. The first-order valence-electron chi connectivity index (χ1n) is 4.81. The summed E-state index contributed by atoms with van der Waals surface area (Å²) in [5.41, 5.74) is 4.41. The van der Waals surface area contributed by atoms with Crippen LogP contribution in [0.4, 0.5) is 0 Å². The van der Waals surface area contributed by atoms with Gasteiger partial charge in [0.05, 0.1) is 0 Å². The molecule has 0 aromatic heterocycles. The molecular formula is C9H19N3OS. The number of hydrogen-bond donors (Lipinski definition) is 3. The van der Waals surface area contributed by atoms with Crippen LogP contribution in [0.2, 0.25) is 0 Å². The van der Waals surface area contributed by atoms with E-state index in [1.807, 2.05) is 13.8 Å². The molecule has 0 aromatic rings. The fraction of sp³-hybridized carbons (Fsp3) is 0.889. The van der Waals surface area contributed by atoms with E-state index in [2.05, 4.69) is 5.32 Å². The molecule has 0 aliphatic carbocycles. The highest BCUT2D eigenvalue weighted by atomic mass is 32.1. The fourth-order valence-corrected chi connectivity index (χ4v) is 2.59. The Morgan fingerprint density at radius 3 is 2.57 bits per heavy atom. The number of nitrogens with one attached hydrogen (secondary N) is 1. The van der Waals surface area contributed by atoms with E-state index in [4.69, 9.17) is 18.0 Å². The van der Waals surface area contributed by atoms with Gasteiger partial charge in [-0.25, -0.2) is 0 Å². The van der Waals surface area contributed by atoms with Crippen molar-refractivity contribution in [1.82, 2.24) is 10.2 Å². The highest BCUT2D eigenvalue weighted by Gasteiger charge is 2.42. The zero-order valence-electron chi connectivity index (χ0n) is 9.00. The van der Waals surface area contributed by atoms with Gasteiger partial charge in [-0.2, -0.15) is 0 Å². The fourth-order valence-electron chi connectivity index (χ4n) is 2.02. The number of hydrogen-bond acceptors (Lipinski definition) is 3. The minimum atomic E-state index is -0.898. The quantitative estimate of drug-likeness (QED) is 0.569. The van der Waals surface area contributed by atoms with Gasteiger partial charge in [0.2, 0.25) is 0 Å². The summed E-state index contributed by atoms with van der Waals surface area (Å²) in [7, 11) is 0. The van der Waals surface area contributed by atoms with E-state index in [-0.39, 0.29) is 5.54 Å². The molecule has 5 heteroatoms. The van der Waals surface area contributed by atoms with Crippen LogP contribution in [0.15, 0.2) is 0 Å². The molecule has 4 N–H and O–H groups in total. The van der Waals surface area contributed by atoms with Gasteiger partial charge in [-0.3, -0.25) is 0 Å². The predicted octanol–water partition coefficient (Wildman–Crippen LogP) is 0.0124. The second-order valence-corrected chi connectivity index (χ2v) is 5.03. The maximum absolute atomic E-state index is 10.2. The SMILES string of the molecule is CC1(C)CC(C)(O)N(CCN)C(=S)N1. The number of aliphatic hydroxyl groups is 1. The number of nitrogens with zero attached hydrogens (tertiary/aromatic N) is 1. The summed E-state index contributed by atoms with van der Waals surface area (Å²) in [6.45, 7) is 6.88. The first-order valence-corrected chi connectivity index (χ1v) is 5.21. The Hall–Kier alpha value is -0.390. The van der Waals surface area contributed by atoms with E-state index in [0.717, 1.165) is 0 Å². The minimum Gasteiger partial charge on any atom is -0.371 e. The molecule has 14 heavy (non-hydrogen) atoms. The molecule has 1 aliphatic rings. The third-order valence-corrected chi connectivity index (χ3v) is 2.72. The van der Waals surface area contributed by atoms with Crippen molar-refractivity contribution < 1.29 is 5.11 Å². The molecule has 0 saturated carbocycles. The van der Waals surface area contributed by atoms with Crippen LogP contribution in [0.3, 0.4) is 0 Å². The molecule has 82 valence electrons. The van der Waals surface area contributed by atoms with Gasteiger partial charge in [-0.15, -0.1) is 0 Å². The first kappa shape index (κ1) is 11.7. The predicted molar refractivity (Wildman–Crippen MR) is 60.8 cm³/mol. The van der Waals surface area contributed by atoms with Gasteiger partial charge in [0.25, 0.3) is 0 Å². The van der Waals surface area contributed by atoms with E-state index in [0.29, 0.717) is 24.6 Å². The molecule has 0 bridgehead atoms. The van der Waals surface area contributed by atoms with Crippen LogP contribution < -0.4 is 11.1 Å². The van der Waals surface area contributed by atoms with Gasteiger partial charge in [-0.1, -0.05) is 0 Å². The van der Waals surface area contributed by atoms with Crippen molar-refractivity contribution in [2.24, 2.45) is 5.73 Å². The van der Waals surface area contributed by atoms with Crippen molar-refractivity contribution >= 4 is 17.3 Å². The summed E-state index contributed by atoms with van der Waals surface area (Å²) < 4.78 is 0. The highest BCUT2D eigenvalue weighted by molar-refractivity contribution is 7.80. The van der Waals surface area contributed by atoms with Crippen LogP contribution in [0.5, 0.6) is 0 Å². The lowest BCUT2D eigenvalue weighted by Crippen LogP contribution is -2.67. The summed E-state index contributed by atoms with van der Waals surface area (Å²) in [6.07, 6.45) is 0.625. The van der Waals surface area contributed by atoms with Gasteiger partial charge in [-0.05, 0) is 33.0 Å². The van der Waals surface area contributed by atoms with Gasteiger partial charge in [0.1, 0.15) is 5.72 Å². The molecule has 4 nitrogen and oxygen atoms in total. The largest absolute Gasteiger partial charge is 0.371 e. The van der Waals surface area contributed by atoms with Crippen LogP contribution >= 0.6 is 12.2 Å². The van der Waals surface area contributed by atoms with Gasteiger partial charge in [0, 0.05) is 25.0 Å². The smallest absolute Gasteiger partial charge is 0.171 e. The van der Waals surface area contributed by atoms with E-state index in [1.165, 1.54) is 0 Å². The van der Waals surface area contributed by atoms with Crippen molar-refractivity contribution in [1.29, 1.82) is 0 Å². The van der Waals surface area contributed by atoms with Crippen LogP contribution in [0.25, 0.3) is 0 Å². The van der Waals surface area contributed by atoms with Crippen LogP contribution in [0, 0.1) is 0 Å². The standard InChI is InChI=1S/C9H19N3OS/c1-8(2)6-9(3,13)12(5-4-10)7(14)11-8/h13H,4-6,10H2,1-3H3,(H,11,14). The molecule has 0 spiro atoms. The van der Waals surface area contributed by atoms with Crippen molar-refractivity contribution in [2.75, 3.05) is 13.1 Å². The number of thiocarbonyl (C=S) groups is 1. The van der Waals surface area contributed by atoms with E-state index in [9.17, 15) is 5.11 Å². The van der Waals surface area contributed by atoms with Crippen LogP contribution in [-0.4, -0.2) is 39.5 Å². The van der Waals surface area contributed by atoms with Crippen molar-refractivity contribution in [2.45, 2.75) is 38.5 Å². The number of rotatable bonds is 2. The normalized spacial score (nSPS) is 31.5. The summed E-state index contributed by atoms with van der Waals surface area (Å²) >= 11 is 5.19. The minimum absolute atomic E-state index is 0.161. The molecule has 1 atom stereocenters. The Kier molecular flexibility index (Phi) is 3.04. The third kappa shape index (κ3) is 2.34. The topological polar surface area (TPSA) is 61.5 Å². The summed E-state index contributed by atoms with van der Waals surface area (Å²) in [5.74, 6) is 0. The molecule has 1 heterocycles. The molecule has 1 fully saturated rings. The molecule has 0 aromatic carbocycles. The Bertz CT molecular complexity index is 240. The van der Waals surface area contributed by atoms with Crippen molar-refractivity contribution in [3.63, 3.8) is 0 Å². The lowest BCUT2D eigenvalue weighted by molar-refractivity contribution is -0.0868. The second kappa shape index (κ2) is 3.64. The lowest BCUT2D eigenvalue weighted by Gasteiger charge is -2.49. The Morgan fingerprint density at radius 1 is 1.57 bits per heavy atom. The second-order valence-electron chi connectivity index (χ2n) is 4.65. The highest BCUT2D eigenvalue weighted by Crippen LogP contribution is 2.28. The molecule has 0 radical (unpaired) electrons. The molecule has 1 aliphatic heterocycles. The average Bonchev–Trinajstić information content (AvgIpc) is 1.93. The first-order chi connectivity index (χ1) is 6.28. The zero-order valence-corrected chi connectivity index (χ0v) is 9.82. The maximum Gasteiger partial charge on any atom is 0.171 e. The van der Waals surface area contributed by atoms with Gasteiger partial charge >= 0.3 is 0 Å². The molecule has 1 rings (SSSR count). The van der Waals surface area contributed by atoms with Crippen molar-refractivity contribution in [3.05, 3.63) is 0 Å². The summed E-state index contributed by atoms with van der Waals surface area (Å²) in [6, 6.07) is 0. The van der Waals surface area contributed by atoms with E-state index >= 15 is 0 Å². The monoisotopic (exact) mass is 217 g/mol. The zero-order chi connectivity index (χ0) is 11.0. The number of nitrogens with two attached hydrogens (primary N) is 1. The molecule has 0 amide bonds.